The highest BCUT2D eigenvalue weighted by atomic mass is 19.3. The highest BCUT2D eigenvalue weighted by Crippen LogP contribution is 2.45. The third-order valence-corrected chi connectivity index (χ3v) is 10.3. The lowest BCUT2D eigenvalue weighted by molar-refractivity contribution is -0.222. The van der Waals surface area contributed by atoms with Crippen molar-refractivity contribution in [1.82, 2.24) is 0 Å². The molecule has 0 unspecified atom stereocenters. The minimum Gasteiger partial charge on any atom is -0.432 e. The van der Waals surface area contributed by atoms with E-state index in [1.54, 1.807) is 30.3 Å². The maximum Gasteiger partial charge on any atom is 0.400 e. The van der Waals surface area contributed by atoms with Crippen molar-refractivity contribution >= 4 is 0 Å². The van der Waals surface area contributed by atoms with Crippen molar-refractivity contribution in [3.05, 3.63) is 102 Å². The Balaban J connectivity index is 1.12. The Labute approximate surface area is 267 Å². The number of allylic oxidation sites excluding steroid dienone is 1. The standard InChI is InChI=1S/C40H48F4O/c1-3-5-7-8-28-10-12-29(13-11-28)34-20-25-37(39(42)27-34)31-16-21-35(22-17-31)40(43,44)45-36-23-18-30(19-24-36)33-15-14-32(9-6-4-2)38(41)26-33/h4,14-15,18-20,23-29,31,35H,2-3,5-13,16-17,21-22H2,1H3. The van der Waals surface area contributed by atoms with Gasteiger partial charge in [0.05, 0.1) is 5.92 Å². The molecule has 45 heavy (non-hydrogen) atoms. The first-order chi connectivity index (χ1) is 21.8. The Bertz CT molecular complexity index is 1380. The molecule has 0 atom stereocenters. The van der Waals surface area contributed by atoms with E-state index in [1.165, 1.54) is 56.7 Å². The van der Waals surface area contributed by atoms with Gasteiger partial charge in [0.1, 0.15) is 17.4 Å². The number of aryl methyl sites for hydroxylation is 1. The number of benzene rings is 3. The first kappa shape index (κ1) is 33.3. The third kappa shape index (κ3) is 8.60. The normalized spacial score (nSPS) is 22.2. The van der Waals surface area contributed by atoms with Gasteiger partial charge in [0.15, 0.2) is 0 Å². The fraction of sp³-hybridized carbons (Fsp3) is 0.500. The molecule has 5 rings (SSSR count). The largest absolute Gasteiger partial charge is 0.432 e. The summed E-state index contributed by atoms with van der Waals surface area (Å²) < 4.78 is 65.5. The van der Waals surface area contributed by atoms with E-state index < -0.39 is 12.0 Å². The van der Waals surface area contributed by atoms with Crippen molar-refractivity contribution in [3.63, 3.8) is 0 Å². The molecule has 0 bridgehead atoms. The zero-order chi connectivity index (χ0) is 31.8. The molecule has 0 aliphatic heterocycles. The fourth-order valence-electron chi connectivity index (χ4n) is 7.48. The van der Waals surface area contributed by atoms with Crippen LogP contribution in [-0.2, 0) is 6.42 Å². The molecule has 2 saturated carbocycles. The number of alkyl halides is 2. The number of hydrogen-bond acceptors (Lipinski definition) is 1. The molecule has 0 N–H and O–H groups in total. The lowest BCUT2D eigenvalue weighted by atomic mass is 9.75. The molecule has 2 aliphatic carbocycles. The van der Waals surface area contributed by atoms with Gasteiger partial charge in [-0.25, -0.2) is 8.78 Å². The molecule has 2 fully saturated rings. The van der Waals surface area contributed by atoms with Gasteiger partial charge < -0.3 is 4.74 Å². The lowest BCUT2D eigenvalue weighted by Crippen LogP contribution is -2.37. The molecule has 3 aromatic carbocycles. The lowest BCUT2D eigenvalue weighted by Gasteiger charge is -2.34. The minimum absolute atomic E-state index is 0.0526. The predicted molar refractivity (Wildman–Crippen MR) is 176 cm³/mol. The molecule has 0 saturated heterocycles. The van der Waals surface area contributed by atoms with Gasteiger partial charge in [0, 0.05) is 0 Å². The van der Waals surface area contributed by atoms with Crippen LogP contribution < -0.4 is 4.74 Å². The Morgan fingerprint density at radius 1 is 0.778 bits per heavy atom. The van der Waals surface area contributed by atoms with Crippen LogP contribution in [0.15, 0.2) is 73.3 Å². The van der Waals surface area contributed by atoms with Crippen LogP contribution >= 0.6 is 0 Å². The summed E-state index contributed by atoms with van der Waals surface area (Å²) >= 11 is 0. The number of rotatable bonds is 13. The summed E-state index contributed by atoms with van der Waals surface area (Å²) in [6.07, 6.45) is 11.2. The van der Waals surface area contributed by atoms with E-state index in [1.807, 2.05) is 12.1 Å². The first-order valence-corrected chi connectivity index (χ1v) is 17.1. The zero-order valence-electron chi connectivity index (χ0n) is 26.7. The van der Waals surface area contributed by atoms with Crippen LogP contribution in [0.5, 0.6) is 5.75 Å². The van der Waals surface area contributed by atoms with Crippen molar-refractivity contribution < 1.29 is 22.3 Å². The number of halogens is 4. The maximum absolute atomic E-state index is 15.3. The van der Waals surface area contributed by atoms with Crippen LogP contribution in [0.25, 0.3) is 11.1 Å². The van der Waals surface area contributed by atoms with Crippen molar-refractivity contribution in [3.8, 4) is 16.9 Å². The summed E-state index contributed by atoms with van der Waals surface area (Å²) in [6.45, 7) is 5.92. The van der Waals surface area contributed by atoms with E-state index in [9.17, 15) is 4.39 Å². The summed E-state index contributed by atoms with van der Waals surface area (Å²) in [6, 6.07) is 17.1. The van der Waals surface area contributed by atoms with E-state index in [2.05, 4.69) is 19.6 Å². The van der Waals surface area contributed by atoms with Gasteiger partial charge >= 0.3 is 6.11 Å². The molecule has 5 heteroatoms. The average molecular weight is 621 g/mol. The second-order valence-corrected chi connectivity index (χ2v) is 13.4. The van der Waals surface area contributed by atoms with Gasteiger partial charge in [0.2, 0.25) is 0 Å². The second-order valence-electron chi connectivity index (χ2n) is 13.4. The van der Waals surface area contributed by atoms with Crippen molar-refractivity contribution in [2.75, 3.05) is 0 Å². The second kappa shape index (κ2) is 15.5. The van der Waals surface area contributed by atoms with Crippen LogP contribution in [0.2, 0.25) is 0 Å². The first-order valence-electron chi connectivity index (χ1n) is 17.1. The molecule has 0 amide bonds. The monoisotopic (exact) mass is 620 g/mol. The van der Waals surface area contributed by atoms with Crippen LogP contribution in [0, 0.1) is 23.5 Å². The van der Waals surface area contributed by atoms with Gasteiger partial charge in [0.25, 0.3) is 0 Å². The van der Waals surface area contributed by atoms with Gasteiger partial charge in [-0.15, -0.1) is 6.58 Å². The molecule has 0 heterocycles. The number of hydrogen-bond donors (Lipinski definition) is 0. The van der Waals surface area contributed by atoms with E-state index in [4.69, 9.17) is 4.74 Å². The molecule has 1 nitrogen and oxygen atoms in total. The summed E-state index contributed by atoms with van der Waals surface area (Å²) in [4.78, 5) is 0. The van der Waals surface area contributed by atoms with Gasteiger partial charge in [-0.2, -0.15) is 8.78 Å². The van der Waals surface area contributed by atoms with Gasteiger partial charge in [-0.3, -0.25) is 0 Å². The van der Waals surface area contributed by atoms with Crippen molar-refractivity contribution in [1.29, 1.82) is 0 Å². The molecule has 242 valence electrons. The van der Waals surface area contributed by atoms with E-state index >= 15 is 13.2 Å². The van der Waals surface area contributed by atoms with Crippen LogP contribution in [0.3, 0.4) is 0 Å². The van der Waals surface area contributed by atoms with E-state index in [0.29, 0.717) is 48.3 Å². The summed E-state index contributed by atoms with van der Waals surface area (Å²) in [5, 5.41) is 0. The molecular formula is C40H48F4O. The quantitative estimate of drug-likeness (QED) is 0.105. The number of unbranched alkanes of at least 4 members (excludes halogenated alkanes) is 2. The minimum atomic E-state index is -3.33. The zero-order valence-corrected chi connectivity index (χ0v) is 26.7. The van der Waals surface area contributed by atoms with Crippen LogP contribution in [-0.4, -0.2) is 6.11 Å². The summed E-state index contributed by atoms with van der Waals surface area (Å²) in [7, 11) is 0. The Morgan fingerprint density at radius 2 is 1.47 bits per heavy atom. The third-order valence-electron chi connectivity index (χ3n) is 10.3. The SMILES string of the molecule is C=CCCc1ccc(-c2ccc(OC(F)(F)C3CCC(c4ccc(C5CCC(CCCCC)CC5)cc4F)CC3)cc2)cc1F. The van der Waals surface area contributed by atoms with Crippen molar-refractivity contribution in [2.45, 2.75) is 115 Å². The molecule has 3 aromatic rings. The molecule has 0 radical (unpaired) electrons. The predicted octanol–water partition coefficient (Wildman–Crippen LogP) is 12.6. The summed E-state index contributed by atoms with van der Waals surface area (Å²) in [5.41, 5.74) is 3.78. The fourth-order valence-corrected chi connectivity index (χ4v) is 7.48. The Hall–Kier alpha value is -3.08. The van der Waals surface area contributed by atoms with Gasteiger partial charge in [-0.05, 0) is 134 Å². The van der Waals surface area contributed by atoms with E-state index in [0.717, 1.165) is 29.9 Å². The molecule has 0 aromatic heterocycles. The molecule has 0 spiro atoms. The average Bonchev–Trinajstić information content (AvgIpc) is 3.05. The van der Waals surface area contributed by atoms with Crippen molar-refractivity contribution in [2.24, 2.45) is 11.8 Å². The highest BCUT2D eigenvalue weighted by Gasteiger charge is 2.44. The Morgan fingerprint density at radius 3 is 2.11 bits per heavy atom. The van der Waals surface area contributed by atoms with Gasteiger partial charge in [-0.1, -0.05) is 75.1 Å². The van der Waals surface area contributed by atoms with Crippen LogP contribution in [0.1, 0.15) is 119 Å². The highest BCUT2D eigenvalue weighted by molar-refractivity contribution is 5.64. The molecular weight excluding hydrogens is 572 g/mol. The number of ether oxygens (including phenoxy) is 1. The Kier molecular flexibility index (Phi) is 11.4. The maximum atomic E-state index is 15.3. The topological polar surface area (TPSA) is 9.23 Å². The smallest absolute Gasteiger partial charge is 0.400 e. The van der Waals surface area contributed by atoms with E-state index in [-0.39, 0.29) is 36.1 Å². The molecule has 2 aliphatic rings. The summed E-state index contributed by atoms with van der Waals surface area (Å²) in [5.74, 6) is -0.145. The van der Waals surface area contributed by atoms with Crippen LogP contribution in [0.4, 0.5) is 17.6 Å².